The van der Waals surface area contributed by atoms with Crippen LogP contribution in [0.5, 0.6) is 0 Å². The minimum absolute atomic E-state index is 0.0359. The molecule has 3 N–H and O–H groups in total. The van der Waals surface area contributed by atoms with Crippen LogP contribution in [0.25, 0.3) is 0 Å². The Balaban J connectivity index is 3.58. The molecule has 1 amide bonds. The molecule has 0 rings (SSSR count). The van der Waals surface area contributed by atoms with Crippen LogP contribution >= 0.6 is 0 Å². The van der Waals surface area contributed by atoms with Crippen LogP contribution in [-0.2, 0) is 14.3 Å². The van der Waals surface area contributed by atoms with Crippen LogP contribution in [0.2, 0.25) is 0 Å². The number of unbranched alkanes of at least 4 members (excludes halogenated alkanes) is 33. The molecule has 336 valence electrons. The molecule has 0 aromatic rings. The Kier molecular flexibility index (Phi) is 45.7. The summed E-state index contributed by atoms with van der Waals surface area (Å²) in [6.45, 7) is 4.81. The van der Waals surface area contributed by atoms with E-state index in [1.807, 2.05) is 6.08 Å². The lowest BCUT2D eigenvalue weighted by molar-refractivity contribution is -0.143. The number of carbonyl (C=O) groups is 2. The largest absolute Gasteiger partial charge is 0.466 e. The van der Waals surface area contributed by atoms with Crippen molar-refractivity contribution in [1.29, 1.82) is 0 Å². The van der Waals surface area contributed by atoms with Gasteiger partial charge in [0.15, 0.2) is 0 Å². The highest BCUT2D eigenvalue weighted by Gasteiger charge is 2.17. The van der Waals surface area contributed by atoms with Gasteiger partial charge in [-0.25, -0.2) is 0 Å². The lowest BCUT2D eigenvalue weighted by Crippen LogP contribution is -2.45. The second-order valence-corrected chi connectivity index (χ2v) is 17.1. The number of hydrogen-bond acceptors (Lipinski definition) is 5. The Bertz CT molecular complexity index is 889. The molecule has 0 aliphatic carbocycles. The average molecular weight is 804 g/mol. The van der Waals surface area contributed by atoms with Crippen molar-refractivity contribution in [2.75, 3.05) is 13.2 Å². The van der Waals surface area contributed by atoms with E-state index in [4.69, 9.17) is 4.74 Å². The summed E-state index contributed by atoms with van der Waals surface area (Å²) in [6.07, 6.45) is 54.7. The van der Waals surface area contributed by atoms with Crippen LogP contribution in [0.15, 0.2) is 24.3 Å². The summed E-state index contributed by atoms with van der Waals surface area (Å²) in [6, 6.07) is -0.664. The summed E-state index contributed by atoms with van der Waals surface area (Å²) in [5.74, 6) is -0.163. The molecule has 0 radical (unpaired) electrons. The van der Waals surface area contributed by atoms with E-state index in [1.165, 1.54) is 167 Å². The van der Waals surface area contributed by atoms with E-state index in [-0.39, 0.29) is 18.5 Å². The first-order valence-corrected chi connectivity index (χ1v) is 25.1. The van der Waals surface area contributed by atoms with Crippen molar-refractivity contribution in [2.45, 2.75) is 276 Å². The van der Waals surface area contributed by atoms with E-state index < -0.39 is 12.1 Å². The van der Waals surface area contributed by atoms with Crippen molar-refractivity contribution < 1.29 is 24.5 Å². The Labute approximate surface area is 354 Å². The summed E-state index contributed by atoms with van der Waals surface area (Å²) >= 11 is 0. The standard InChI is InChI=1S/C51H97NO5/c1-3-5-7-9-11-13-15-17-19-20-21-22-24-27-31-35-39-43-49(54)48(47-53)52-50(55)44-40-36-32-28-26-30-34-38-42-46-57-51(56)45-41-37-33-29-25-23-18-16-14-12-10-8-6-4-2/h28,32,39,43,48-49,53-54H,3-27,29-31,33-38,40-42,44-47H2,1-2H3,(H,52,55)/b32-28-,43-39+. The maximum absolute atomic E-state index is 12.4. The van der Waals surface area contributed by atoms with Crippen molar-refractivity contribution in [1.82, 2.24) is 5.32 Å². The van der Waals surface area contributed by atoms with Crippen molar-refractivity contribution in [3.8, 4) is 0 Å². The van der Waals surface area contributed by atoms with E-state index in [1.54, 1.807) is 6.08 Å². The van der Waals surface area contributed by atoms with E-state index in [0.717, 1.165) is 70.6 Å². The first kappa shape index (κ1) is 55.3. The summed E-state index contributed by atoms with van der Waals surface area (Å²) in [7, 11) is 0. The normalized spacial score (nSPS) is 12.8. The summed E-state index contributed by atoms with van der Waals surface area (Å²) in [5.41, 5.74) is 0. The molecule has 0 saturated heterocycles. The molecule has 0 bridgehead atoms. The molecule has 2 unspecified atom stereocenters. The van der Waals surface area contributed by atoms with Gasteiger partial charge in [-0.15, -0.1) is 0 Å². The molecule has 0 aromatic carbocycles. The molecule has 2 atom stereocenters. The van der Waals surface area contributed by atoms with Gasteiger partial charge in [0.25, 0.3) is 0 Å². The van der Waals surface area contributed by atoms with Gasteiger partial charge in [0, 0.05) is 12.8 Å². The predicted molar refractivity (Wildman–Crippen MR) is 246 cm³/mol. The molecule has 0 aliphatic heterocycles. The zero-order valence-corrected chi connectivity index (χ0v) is 38.1. The van der Waals surface area contributed by atoms with Gasteiger partial charge in [-0.1, -0.05) is 224 Å². The SMILES string of the molecule is CCCCCCCCCCCCCCCCC/C=C/C(O)C(CO)NC(=O)CCC/C=C\CCCCCCOC(=O)CCCCCCCCCCCCCCCC. The monoisotopic (exact) mass is 804 g/mol. The molecule has 0 saturated carbocycles. The molecular formula is C51H97NO5. The third kappa shape index (κ3) is 43.7. The maximum atomic E-state index is 12.4. The van der Waals surface area contributed by atoms with Crippen molar-refractivity contribution in [3.05, 3.63) is 24.3 Å². The Morgan fingerprint density at radius 1 is 0.474 bits per heavy atom. The smallest absolute Gasteiger partial charge is 0.305 e. The zero-order valence-electron chi connectivity index (χ0n) is 38.1. The van der Waals surface area contributed by atoms with Crippen LogP contribution in [0, 0.1) is 0 Å². The number of rotatable bonds is 46. The molecule has 0 spiro atoms. The van der Waals surface area contributed by atoms with Crippen LogP contribution in [0.1, 0.15) is 264 Å². The minimum atomic E-state index is -0.874. The van der Waals surface area contributed by atoms with Crippen LogP contribution in [0.4, 0.5) is 0 Å². The molecule has 6 heteroatoms. The number of allylic oxidation sites excluding steroid dienone is 3. The third-order valence-electron chi connectivity index (χ3n) is 11.5. The van der Waals surface area contributed by atoms with Gasteiger partial charge in [0.05, 0.1) is 25.4 Å². The Morgan fingerprint density at radius 3 is 1.28 bits per heavy atom. The minimum Gasteiger partial charge on any atom is -0.466 e. The van der Waals surface area contributed by atoms with Gasteiger partial charge in [-0.2, -0.15) is 0 Å². The van der Waals surface area contributed by atoms with Gasteiger partial charge in [0.1, 0.15) is 0 Å². The Hall–Kier alpha value is -1.66. The highest BCUT2D eigenvalue weighted by molar-refractivity contribution is 5.76. The molecule has 0 fully saturated rings. The third-order valence-corrected chi connectivity index (χ3v) is 11.5. The molecule has 0 aromatic heterocycles. The summed E-state index contributed by atoms with van der Waals surface area (Å²) in [4.78, 5) is 24.4. The topological polar surface area (TPSA) is 95.9 Å². The fourth-order valence-electron chi connectivity index (χ4n) is 7.58. The molecule has 6 nitrogen and oxygen atoms in total. The Morgan fingerprint density at radius 2 is 0.842 bits per heavy atom. The van der Waals surface area contributed by atoms with Crippen molar-refractivity contribution in [3.63, 3.8) is 0 Å². The predicted octanol–water partition coefficient (Wildman–Crippen LogP) is 14.7. The van der Waals surface area contributed by atoms with Gasteiger partial charge in [-0.05, 0) is 51.4 Å². The summed E-state index contributed by atoms with van der Waals surface area (Å²) in [5, 5.41) is 23.0. The quantitative estimate of drug-likeness (QED) is 0.0324. The number of aliphatic hydroxyl groups excluding tert-OH is 2. The molecular weight excluding hydrogens is 707 g/mol. The highest BCUT2D eigenvalue weighted by Crippen LogP contribution is 2.16. The van der Waals surface area contributed by atoms with E-state index in [0.29, 0.717) is 19.4 Å². The second kappa shape index (κ2) is 47.0. The van der Waals surface area contributed by atoms with Crippen LogP contribution in [-0.4, -0.2) is 47.4 Å². The van der Waals surface area contributed by atoms with Gasteiger partial charge >= 0.3 is 5.97 Å². The van der Waals surface area contributed by atoms with Crippen molar-refractivity contribution in [2.24, 2.45) is 0 Å². The van der Waals surface area contributed by atoms with Gasteiger partial charge in [-0.3, -0.25) is 9.59 Å². The fourth-order valence-corrected chi connectivity index (χ4v) is 7.58. The first-order chi connectivity index (χ1) is 28.0. The van der Waals surface area contributed by atoms with E-state index in [2.05, 4.69) is 31.3 Å². The number of aliphatic hydroxyl groups is 2. The summed E-state index contributed by atoms with van der Waals surface area (Å²) < 4.78 is 5.43. The van der Waals surface area contributed by atoms with Gasteiger partial charge in [0.2, 0.25) is 5.91 Å². The number of esters is 1. The second-order valence-electron chi connectivity index (χ2n) is 17.1. The lowest BCUT2D eigenvalue weighted by Gasteiger charge is -2.19. The lowest BCUT2D eigenvalue weighted by atomic mass is 10.0. The van der Waals surface area contributed by atoms with E-state index in [9.17, 15) is 19.8 Å². The molecule has 0 aliphatic rings. The number of amides is 1. The molecule has 0 heterocycles. The van der Waals surface area contributed by atoms with Crippen LogP contribution in [0.3, 0.4) is 0 Å². The number of nitrogens with one attached hydrogen (secondary N) is 1. The molecule has 57 heavy (non-hydrogen) atoms. The highest BCUT2D eigenvalue weighted by atomic mass is 16.5. The average Bonchev–Trinajstić information content (AvgIpc) is 3.21. The number of hydrogen-bond donors (Lipinski definition) is 3. The number of ether oxygens (including phenoxy) is 1. The fraction of sp³-hybridized carbons (Fsp3) is 0.882. The zero-order chi connectivity index (χ0) is 41.5. The maximum Gasteiger partial charge on any atom is 0.305 e. The van der Waals surface area contributed by atoms with Crippen LogP contribution < -0.4 is 5.32 Å². The number of carbonyl (C=O) groups excluding carboxylic acids is 2. The van der Waals surface area contributed by atoms with Crippen molar-refractivity contribution >= 4 is 11.9 Å². The van der Waals surface area contributed by atoms with E-state index >= 15 is 0 Å². The first-order valence-electron chi connectivity index (χ1n) is 25.1. The van der Waals surface area contributed by atoms with Gasteiger partial charge < -0.3 is 20.3 Å².